The van der Waals surface area contributed by atoms with Crippen LogP contribution in [0.4, 0.5) is 0 Å². The van der Waals surface area contributed by atoms with Crippen molar-refractivity contribution in [2.75, 3.05) is 13.6 Å². The van der Waals surface area contributed by atoms with Gasteiger partial charge in [-0.15, -0.1) is 0 Å². The zero-order valence-electron chi connectivity index (χ0n) is 11.8. The van der Waals surface area contributed by atoms with E-state index in [0.29, 0.717) is 6.54 Å². The van der Waals surface area contributed by atoms with E-state index >= 15 is 0 Å². The summed E-state index contributed by atoms with van der Waals surface area (Å²) in [7, 11) is 2.14. The Hall–Kier alpha value is -1.35. The van der Waals surface area contributed by atoms with Gasteiger partial charge in [0.1, 0.15) is 0 Å². The van der Waals surface area contributed by atoms with Crippen molar-refractivity contribution in [2.24, 2.45) is 5.73 Å². The Morgan fingerprint density at radius 1 is 1.00 bits per heavy atom. The number of benzene rings is 2. The molecule has 0 bridgehead atoms. The van der Waals surface area contributed by atoms with E-state index in [1.54, 1.807) is 0 Å². The van der Waals surface area contributed by atoms with Gasteiger partial charge in [-0.25, -0.2) is 0 Å². The van der Waals surface area contributed by atoms with Crippen LogP contribution in [-0.2, 0) is 19.5 Å². The summed E-state index contributed by atoms with van der Waals surface area (Å²) in [6.45, 7) is 2.55. The van der Waals surface area contributed by atoms with Crippen molar-refractivity contribution >= 4 is 11.6 Å². The van der Waals surface area contributed by atoms with Crippen molar-refractivity contribution in [3.8, 4) is 0 Å². The smallest absolute Gasteiger partial charge is 0.0406 e. The number of likely N-dealkylation sites (N-methyl/N-ethyl adjacent to an activating group) is 1. The van der Waals surface area contributed by atoms with Crippen molar-refractivity contribution in [3.63, 3.8) is 0 Å². The third kappa shape index (κ3) is 4.34. The Morgan fingerprint density at radius 3 is 2.30 bits per heavy atom. The molecule has 0 saturated heterocycles. The number of nitrogens with zero attached hydrogens (tertiary/aromatic N) is 1. The van der Waals surface area contributed by atoms with Crippen LogP contribution in [0.15, 0.2) is 48.5 Å². The van der Waals surface area contributed by atoms with Gasteiger partial charge in [-0.3, -0.25) is 0 Å². The van der Waals surface area contributed by atoms with Crippen LogP contribution in [0.3, 0.4) is 0 Å². The molecule has 0 atom stereocenters. The summed E-state index contributed by atoms with van der Waals surface area (Å²) in [6.07, 6.45) is 1.03. The average Bonchev–Trinajstić information content (AvgIpc) is 2.48. The van der Waals surface area contributed by atoms with E-state index in [4.69, 9.17) is 17.3 Å². The molecular weight excluding hydrogens is 268 g/mol. The molecule has 0 spiro atoms. The van der Waals surface area contributed by atoms with Crippen LogP contribution in [-0.4, -0.2) is 18.5 Å². The molecule has 0 amide bonds. The molecule has 0 fully saturated rings. The number of halogens is 1. The molecule has 2 nitrogen and oxygen atoms in total. The molecular formula is C17H21ClN2. The minimum absolute atomic E-state index is 0.608. The van der Waals surface area contributed by atoms with Gasteiger partial charge in [-0.2, -0.15) is 0 Å². The van der Waals surface area contributed by atoms with Crippen molar-refractivity contribution in [3.05, 3.63) is 70.2 Å². The molecule has 106 valence electrons. The van der Waals surface area contributed by atoms with Gasteiger partial charge in [0.05, 0.1) is 0 Å². The molecule has 0 radical (unpaired) electrons. The fourth-order valence-corrected chi connectivity index (χ4v) is 2.42. The summed E-state index contributed by atoms with van der Waals surface area (Å²) in [5.41, 5.74) is 9.64. The topological polar surface area (TPSA) is 29.3 Å². The Labute approximate surface area is 126 Å². The first-order chi connectivity index (χ1) is 9.69. The van der Waals surface area contributed by atoms with Crippen LogP contribution in [0.2, 0.25) is 5.02 Å². The predicted molar refractivity (Wildman–Crippen MR) is 85.8 cm³/mol. The van der Waals surface area contributed by atoms with Gasteiger partial charge in [0.15, 0.2) is 0 Å². The van der Waals surface area contributed by atoms with Crippen molar-refractivity contribution < 1.29 is 0 Å². The zero-order valence-corrected chi connectivity index (χ0v) is 12.6. The quantitative estimate of drug-likeness (QED) is 0.882. The minimum atomic E-state index is 0.608. The molecule has 0 saturated carbocycles. The standard InChI is InChI=1S/C17H21ClN2/c1-20(13-14-6-8-17(18)9-7-14)11-10-15-4-2-3-5-16(15)12-19/h2-9H,10-13,19H2,1H3. The largest absolute Gasteiger partial charge is 0.326 e. The SMILES string of the molecule is CN(CCc1ccccc1CN)Cc1ccc(Cl)cc1. The van der Waals surface area contributed by atoms with Crippen molar-refractivity contribution in [2.45, 2.75) is 19.5 Å². The maximum absolute atomic E-state index is 5.90. The highest BCUT2D eigenvalue weighted by Gasteiger charge is 2.04. The summed E-state index contributed by atoms with van der Waals surface area (Å²) < 4.78 is 0. The fourth-order valence-electron chi connectivity index (χ4n) is 2.29. The maximum atomic E-state index is 5.90. The predicted octanol–water partition coefficient (Wildman–Crippen LogP) is 3.47. The number of nitrogens with two attached hydrogens (primary N) is 1. The van der Waals surface area contributed by atoms with E-state index in [-0.39, 0.29) is 0 Å². The van der Waals surface area contributed by atoms with Gasteiger partial charge in [0.2, 0.25) is 0 Å². The molecule has 2 rings (SSSR count). The molecule has 20 heavy (non-hydrogen) atoms. The fraction of sp³-hybridized carbons (Fsp3) is 0.294. The Kier molecular flexibility index (Phi) is 5.60. The average molecular weight is 289 g/mol. The second-order valence-corrected chi connectivity index (χ2v) is 5.52. The normalized spacial score (nSPS) is 11.0. The van der Waals surface area contributed by atoms with Crippen LogP contribution in [0.5, 0.6) is 0 Å². The van der Waals surface area contributed by atoms with E-state index < -0.39 is 0 Å². The summed E-state index contributed by atoms with van der Waals surface area (Å²) in [4.78, 5) is 2.32. The van der Waals surface area contributed by atoms with Gasteiger partial charge in [-0.1, -0.05) is 48.0 Å². The molecule has 0 aliphatic heterocycles. The van der Waals surface area contributed by atoms with Gasteiger partial charge < -0.3 is 10.6 Å². The summed E-state index contributed by atoms with van der Waals surface area (Å²) in [5.74, 6) is 0. The van der Waals surface area contributed by atoms with Crippen LogP contribution < -0.4 is 5.73 Å². The first-order valence-corrected chi connectivity index (χ1v) is 7.26. The molecule has 3 heteroatoms. The third-order valence-electron chi connectivity index (χ3n) is 3.47. The second kappa shape index (κ2) is 7.44. The monoisotopic (exact) mass is 288 g/mol. The highest BCUT2D eigenvalue weighted by Crippen LogP contribution is 2.12. The summed E-state index contributed by atoms with van der Waals surface area (Å²) in [5, 5.41) is 0.785. The molecule has 0 unspecified atom stereocenters. The van der Waals surface area contributed by atoms with E-state index in [2.05, 4.69) is 42.3 Å². The van der Waals surface area contributed by atoms with Gasteiger partial charge in [-0.05, 0) is 42.3 Å². The Morgan fingerprint density at radius 2 is 1.65 bits per heavy atom. The number of hydrogen-bond donors (Lipinski definition) is 1. The van der Waals surface area contributed by atoms with Gasteiger partial charge >= 0.3 is 0 Å². The molecule has 0 aliphatic carbocycles. The Bertz CT molecular complexity index is 537. The molecule has 2 N–H and O–H groups in total. The maximum Gasteiger partial charge on any atom is 0.0406 e. The second-order valence-electron chi connectivity index (χ2n) is 5.09. The van der Waals surface area contributed by atoms with E-state index in [1.165, 1.54) is 16.7 Å². The van der Waals surface area contributed by atoms with Gasteiger partial charge in [0.25, 0.3) is 0 Å². The van der Waals surface area contributed by atoms with Crippen LogP contribution in [0.25, 0.3) is 0 Å². The molecule has 2 aromatic rings. The zero-order chi connectivity index (χ0) is 14.4. The van der Waals surface area contributed by atoms with Crippen LogP contribution in [0.1, 0.15) is 16.7 Å². The van der Waals surface area contributed by atoms with E-state index in [9.17, 15) is 0 Å². The lowest BCUT2D eigenvalue weighted by Gasteiger charge is -2.17. The minimum Gasteiger partial charge on any atom is -0.326 e. The van der Waals surface area contributed by atoms with Gasteiger partial charge in [0, 0.05) is 24.7 Å². The molecule has 0 aliphatic rings. The van der Waals surface area contributed by atoms with Crippen molar-refractivity contribution in [1.29, 1.82) is 0 Å². The lowest BCUT2D eigenvalue weighted by Crippen LogP contribution is -2.21. The van der Waals surface area contributed by atoms with Crippen molar-refractivity contribution in [1.82, 2.24) is 4.90 Å². The highest BCUT2D eigenvalue weighted by atomic mass is 35.5. The van der Waals surface area contributed by atoms with E-state index in [1.807, 2.05) is 18.2 Å². The lowest BCUT2D eigenvalue weighted by atomic mass is 10.0. The number of rotatable bonds is 6. The molecule has 2 aromatic carbocycles. The van der Waals surface area contributed by atoms with E-state index in [0.717, 1.165) is 24.5 Å². The summed E-state index contributed by atoms with van der Waals surface area (Å²) >= 11 is 5.90. The molecule has 0 aromatic heterocycles. The summed E-state index contributed by atoms with van der Waals surface area (Å²) in [6, 6.07) is 16.4. The first-order valence-electron chi connectivity index (χ1n) is 6.89. The van der Waals surface area contributed by atoms with Crippen LogP contribution >= 0.6 is 11.6 Å². The lowest BCUT2D eigenvalue weighted by molar-refractivity contribution is 0.331. The third-order valence-corrected chi connectivity index (χ3v) is 3.72. The Balaban J connectivity index is 1.88. The highest BCUT2D eigenvalue weighted by molar-refractivity contribution is 6.30. The van der Waals surface area contributed by atoms with Crippen LogP contribution in [0, 0.1) is 0 Å². The molecule has 0 heterocycles. The number of hydrogen-bond acceptors (Lipinski definition) is 2. The first kappa shape index (κ1) is 15.0.